The van der Waals surface area contributed by atoms with Crippen molar-refractivity contribution in [1.29, 1.82) is 0 Å². The zero-order valence-corrected chi connectivity index (χ0v) is 5.26. The second-order valence-electron chi connectivity index (χ2n) is 1.22. The molecule has 0 aromatic carbocycles. The summed E-state index contributed by atoms with van der Waals surface area (Å²) in [6.07, 6.45) is 3.22. The van der Waals surface area contributed by atoms with Gasteiger partial charge in [0.05, 0.1) is 6.67 Å². The molecule has 0 rings (SSSR count). The van der Waals surface area contributed by atoms with Crippen LogP contribution in [0.2, 0.25) is 0 Å². The van der Waals surface area contributed by atoms with Crippen molar-refractivity contribution in [1.82, 2.24) is 5.32 Å². The number of hydrogen-bond acceptors (Lipinski definition) is 2. The SMILES string of the molecule is C/C=N\C=N/CNC. The van der Waals surface area contributed by atoms with Gasteiger partial charge in [0.25, 0.3) is 0 Å². The number of aliphatic imine (C=N–C) groups is 2. The molecule has 0 heterocycles. The maximum Gasteiger partial charge on any atom is 0.111 e. The normalized spacial score (nSPS) is 11.8. The van der Waals surface area contributed by atoms with Crippen LogP contribution in [0.1, 0.15) is 6.92 Å². The molecule has 0 atom stereocenters. The van der Waals surface area contributed by atoms with Gasteiger partial charge in [-0.25, -0.2) is 4.99 Å². The zero-order chi connectivity index (χ0) is 6.24. The van der Waals surface area contributed by atoms with Gasteiger partial charge < -0.3 is 5.32 Å². The molecule has 0 saturated carbocycles. The Bertz CT molecular complexity index is 85.7. The monoisotopic (exact) mass is 113 g/mol. The van der Waals surface area contributed by atoms with Gasteiger partial charge in [-0.1, -0.05) is 0 Å². The van der Waals surface area contributed by atoms with Gasteiger partial charge in [-0.15, -0.1) is 0 Å². The average Bonchev–Trinajstić information content (AvgIpc) is 1.81. The van der Waals surface area contributed by atoms with Crippen molar-refractivity contribution < 1.29 is 0 Å². The summed E-state index contributed by atoms with van der Waals surface area (Å²) in [5.74, 6) is 0. The van der Waals surface area contributed by atoms with E-state index in [-0.39, 0.29) is 0 Å². The van der Waals surface area contributed by atoms with Crippen LogP contribution in [0.5, 0.6) is 0 Å². The van der Waals surface area contributed by atoms with Crippen LogP contribution in [-0.4, -0.2) is 26.3 Å². The Morgan fingerprint density at radius 1 is 1.62 bits per heavy atom. The van der Waals surface area contributed by atoms with Crippen molar-refractivity contribution in [2.75, 3.05) is 13.7 Å². The van der Waals surface area contributed by atoms with E-state index in [0.717, 1.165) is 0 Å². The topological polar surface area (TPSA) is 36.8 Å². The molecule has 0 radical (unpaired) electrons. The van der Waals surface area contributed by atoms with Crippen molar-refractivity contribution in [3.63, 3.8) is 0 Å². The fourth-order valence-corrected chi connectivity index (χ4v) is 0.246. The van der Waals surface area contributed by atoms with E-state index in [1.54, 1.807) is 6.21 Å². The predicted octanol–water partition coefficient (Wildman–Crippen LogP) is 0.282. The molecular weight excluding hydrogens is 102 g/mol. The van der Waals surface area contributed by atoms with E-state index in [9.17, 15) is 0 Å². The van der Waals surface area contributed by atoms with Gasteiger partial charge in [0.1, 0.15) is 6.34 Å². The minimum Gasteiger partial charge on any atom is -0.301 e. The third kappa shape index (κ3) is 5.30. The first-order valence-electron chi connectivity index (χ1n) is 2.52. The molecule has 0 amide bonds. The standard InChI is InChI=1S/C5H11N3/c1-3-7-5-8-4-6-2/h3,5-6H,4H2,1-2H3/b7-3-,8-5-. The van der Waals surface area contributed by atoms with Crippen molar-refractivity contribution in [3.8, 4) is 0 Å². The molecule has 0 aliphatic rings. The summed E-state index contributed by atoms with van der Waals surface area (Å²) in [5.41, 5.74) is 0. The van der Waals surface area contributed by atoms with Crippen molar-refractivity contribution in [2.45, 2.75) is 6.92 Å². The fraction of sp³-hybridized carbons (Fsp3) is 0.600. The van der Waals surface area contributed by atoms with Crippen LogP contribution in [0.4, 0.5) is 0 Å². The first-order valence-corrected chi connectivity index (χ1v) is 2.52. The summed E-state index contributed by atoms with van der Waals surface area (Å²) in [6, 6.07) is 0. The third-order valence-corrected chi connectivity index (χ3v) is 0.547. The van der Waals surface area contributed by atoms with E-state index in [0.29, 0.717) is 6.67 Å². The quantitative estimate of drug-likeness (QED) is 0.414. The zero-order valence-electron chi connectivity index (χ0n) is 5.26. The lowest BCUT2D eigenvalue weighted by Gasteiger charge is -1.83. The van der Waals surface area contributed by atoms with Crippen LogP contribution in [0, 0.1) is 0 Å². The van der Waals surface area contributed by atoms with Crippen LogP contribution in [-0.2, 0) is 0 Å². The molecule has 0 aromatic rings. The Morgan fingerprint density at radius 3 is 2.88 bits per heavy atom. The van der Waals surface area contributed by atoms with E-state index < -0.39 is 0 Å². The van der Waals surface area contributed by atoms with Gasteiger partial charge in [-0.05, 0) is 14.0 Å². The van der Waals surface area contributed by atoms with Crippen LogP contribution in [0.25, 0.3) is 0 Å². The molecule has 0 fully saturated rings. The maximum absolute atomic E-state index is 3.85. The highest BCUT2D eigenvalue weighted by molar-refractivity contribution is 5.70. The Kier molecular flexibility index (Phi) is 5.75. The molecule has 0 aromatic heterocycles. The van der Waals surface area contributed by atoms with Crippen LogP contribution >= 0.6 is 0 Å². The predicted molar refractivity (Wildman–Crippen MR) is 36.6 cm³/mol. The lowest BCUT2D eigenvalue weighted by molar-refractivity contribution is 0.837. The number of nitrogens with zero attached hydrogens (tertiary/aromatic N) is 2. The molecule has 8 heavy (non-hydrogen) atoms. The molecular formula is C5H11N3. The van der Waals surface area contributed by atoms with Crippen molar-refractivity contribution in [2.24, 2.45) is 9.98 Å². The van der Waals surface area contributed by atoms with Crippen LogP contribution in [0.15, 0.2) is 9.98 Å². The molecule has 3 nitrogen and oxygen atoms in total. The van der Waals surface area contributed by atoms with E-state index in [1.807, 2.05) is 14.0 Å². The molecule has 3 heteroatoms. The number of hydrogen-bond donors (Lipinski definition) is 1. The molecule has 0 bridgehead atoms. The first-order chi connectivity index (χ1) is 3.91. The molecule has 0 aliphatic carbocycles. The second-order valence-corrected chi connectivity index (χ2v) is 1.22. The molecule has 46 valence electrons. The third-order valence-electron chi connectivity index (χ3n) is 0.547. The molecule has 0 aliphatic heterocycles. The van der Waals surface area contributed by atoms with E-state index >= 15 is 0 Å². The van der Waals surface area contributed by atoms with Gasteiger partial charge in [0, 0.05) is 6.21 Å². The molecule has 1 N–H and O–H groups in total. The number of rotatable bonds is 3. The molecule has 0 saturated heterocycles. The van der Waals surface area contributed by atoms with Gasteiger partial charge in [-0.2, -0.15) is 0 Å². The largest absolute Gasteiger partial charge is 0.301 e. The van der Waals surface area contributed by atoms with Gasteiger partial charge >= 0.3 is 0 Å². The fourth-order valence-electron chi connectivity index (χ4n) is 0.246. The Balaban J connectivity index is 3.07. The Morgan fingerprint density at radius 2 is 2.38 bits per heavy atom. The summed E-state index contributed by atoms with van der Waals surface area (Å²) in [5, 5.41) is 2.85. The molecule has 0 unspecified atom stereocenters. The van der Waals surface area contributed by atoms with E-state index in [1.165, 1.54) is 6.34 Å². The lowest BCUT2D eigenvalue weighted by Crippen LogP contribution is -2.04. The summed E-state index contributed by atoms with van der Waals surface area (Å²) in [7, 11) is 1.84. The van der Waals surface area contributed by atoms with Crippen LogP contribution in [0.3, 0.4) is 0 Å². The summed E-state index contributed by atoms with van der Waals surface area (Å²) < 4.78 is 0. The summed E-state index contributed by atoms with van der Waals surface area (Å²) in [4.78, 5) is 7.60. The van der Waals surface area contributed by atoms with Crippen LogP contribution < -0.4 is 5.32 Å². The number of nitrogens with one attached hydrogen (secondary N) is 1. The smallest absolute Gasteiger partial charge is 0.111 e. The summed E-state index contributed by atoms with van der Waals surface area (Å²) in [6.45, 7) is 2.49. The first kappa shape index (κ1) is 7.30. The average molecular weight is 113 g/mol. The van der Waals surface area contributed by atoms with Gasteiger partial charge in [0.15, 0.2) is 0 Å². The minimum atomic E-state index is 0.636. The summed E-state index contributed by atoms with van der Waals surface area (Å²) >= 11 is 0. The minimum absolute atomic E-state index is 0.636. The van der Waals surface area contributed by atoms with E-state index in [4.69, 9.17) is 0 Å². The molecule has 0 spiro atoms. The van der Waals surface area contributed by atoms with Crippen molar-refractivity contribution in [3.05, 3.63) is 0 Å². The Labute approximate surface area is 49.5 Å². The van der Waals surface area contributed by atoms with E-state index in [2.05, 4.69) is 15.3 Å². The highest BCUT2D eigenvalue weighted by Gasteiger charge is 1.64. The van der Waals surface area contributed by atoms with Gasteiger partial charge in [-0.3, -0.25) is 4.99 Å². The van der Waals surface area contributed by atoms with Gasteiger partial charge in [0.2, 0.25) is 0 Å². The Hall–Kier alpha value is -0.700. The lowest BCUT2D eigenvalue weighted by atomic mass is 10.9. The second kappa shape index (κ2) is 6.30. The maximum atomic E-state index is 3.85. The highest BCUT2D eigenvalue weighted by Crippen LogP contribution is 1.59. The highest BCUT2D eigenvalue weighted by atomic mass is 15.0. The van der Waals surface area contributed by atoms with Crippen molar-refractivity contribution >= 4 is 12.6 Å².